The van der Waals surface area contributed by atoms with Crippen LogP contribution in [0.2, 0.25) is 0 Å². The van der Waals surface area contributed by atoms with Gasteiger partial charge in [0, 0.05) is 18.8 Å². The first-order chi connectivity index (χ1) is 11.5. The molecular formula is C17H21N3O3S. The lowest BCUT2D eigenvalue weighted by Gasteiger charge is -2.12. The fourth-order valence-corrected chi connectivity index (χ4v) is 4.28. The number of hydrogen-bond acceptors (Lipinski definition) is 5. The fourth-order valence-electron chi connectivity index (χ4n) is 3.62. The summed E-state index contributed by atoms with van der Waals surface area (Å²) in [5.74, 6) is 1.38. The Morgan fingerprint density at radius 2 is 1.96 bits per heavy atom. The summed E-state index contributed by atoms with van der Waals surface area (Å²) in [6.45, 7) is 1.34. The predicted octanol–water partition coefficient (Wildman–Crippen LogP) is 1.67. The maximum absolute atomic E-state index is 11.8. The molecule has 1 aromatic carbocycles. The van der Waals surface area contributed by atoms with Gasteiger partial charge in [0.05, 0.1) is 12.6 Å². The average Bonchev–Trinajstić information content (AvgIpc) is 3.24. The first-order valence-electron chi connectivity index (χ1n) is 8.27. The number of ether oxygens (including phenoxy) is 1. The molecule has 1 aromatic heterocycles. The fraction of sp³-hybridized carbons (Fsp3) is 0.529. The van der Waals surface area contributed by atoms with E-state index in [2.05, 4.69) is 17.1 Å². The van der Waals surface area contributed by atoms with Crippen LogP contribution in [0.15, 0.2) is 24.3 Å². The van der Waals surface area contributed by atoms with E-state index in [1.807, 2.05) is 16.8 Å². The highest BCUT2D eigenvalue weighted by atomic mass is 32.2. The van der Waals surface area contributed by atoms with Crippen LogP contribution in [0.5, 0.6) is 0 Å². The van der Waals surface area contributed by atoms with Gasteiger partial charge in [-0.25, -0.2) is 18.1 Å². The van der Waals surface area contributed by atoms with Crippen LogP contribution < -0.4 is 0 Å². The topological polar surface area (TPSA) is 74.1 Å². The minimum absolute atomic E-state index is 0.0690. The monoisotopic (exact) mass is 347 g/mol. The third-order valence-corrected chi connectivity index (χ3v) is 5.56. The van der Waals surface area contributed by atoms with Gasteiger partial charge in [0.2, 0.25) is 0 Å². The zero-order valence-corrected chi connectivity index (χ0v) is 14.5. The van der Waals surface area contributed by atoms with Crippen molar-refractivity contribution in [3.8, 4) is 0 Å². The van der Waals surface area contributed by atoms with Gasteiger partial charge in [-0.15, -0.1) is 0 Å². The summed E-state index contributed by atoms with van der Waals surface area (Å²) in [6, 6.07) is 8.49. The van der Waals surface area contributed by atoms with E-state index in [0.717, 1.165) is 31.7 Å². The first-order valence-corrected chi connectivity index (χ1v) is 10.3. The summed E-state index contributed by atoms with van der Waals surface area (Å²) in [5.41, 5.74) is 2.63. The molecule has 128 valence electrons. The third kappa shape index (κ3) is 3.10. The summed E-state index contributed by atoms with van der Waals surface area (Å²) in [5, 5.41) is 4.70. The molecule has 1 atom stereocenters. The SMILES string of the molecule is CS(=O)(=O)Cc1nc([C@H]2CCOC2)nn1C1Cc2ccccc2C1. The highest BCUT2D eigenvalue weighted by molar-refractivity contribution is 7.89. The summed E-state index contributed by atoms with van der Waals surface area (Å²) >= 11 is 0. The van der Waals surface area contributed by atoms with Crippen LogP contribution in [-0.2, 0) is 33.2 Å². The molecule has 4 rings (SSSR count). The molecule has 2 aliphatic rings. The summed E-state index contributed by atoms with van der Waals surface area (Å²) in [4.78, 5) is 4.58. The van der Waals surface area contributed by atoms with E-state index in [0.29, 0.717) is 12.4 Å². The highest BCUT2D eigenvalue weighted by Crippen LogP contribution is 2.32. The van der Waals surface area contributed by atoms with Crippen LogP contribution in [0.4, 0.5) is 0 Å². The highest BCUT2D eigenvalue weighted by Gasteiger charge is 2.30. The van der Waals surface area contributed by atoms with E-state index in [1.54, 1.807) is 0 Å². The van der Waals surface area contributed by atoms with Gasteiger partial charge in [-0.05, 0) is 30.4 Å². The minimum atomic E-state index is -3.16. The molecule has 0 amide bonds. The molecule has 2 heterocycles. The van der Waals surface area contributed by atoms with E-state index in [-0.39, 0.29) is 17.7 Å². The third-order valence-electron chi connectivity index (χ3n) is 4.78. The number of benzene rings is 1. The Balaban J connectivity index is 1.68. The van der Waals surface area contributed by atoms with Gasteiger partial charge >= 0.3 is 0 Å². The molecule has 1 aliphatic heterocycles. The zero-order chi connectivity index (χ0) is 16.7. The molecule has 0 unspecified atom stereocenters. The van der Waals surface area contributed by atoms with Crippen LogP contribution in [0.1, 0.15) is 41.2 Å². The van der Waals surface area contributed by atoms with Gasteiger partial charge in [0.15, 0.2) is 15.7 Å². The molecular weight excluding hydrogens is 326 g/mol. The van der Waals surface area contributed by atoms with Crippen molar-refractivity contribution in [3.05, 3.63) is 47.0 Å². The second-order valence-electron chi connectivity index (χ2n) is 6.79. The Morgan fingerprint density at radius 3 is 2.54 bits per heavy atom. The molecule has 0 radical (unpaired) electrons. The Hall–Kier alpha value is -1.73. The van der Waals surface area contributed by atoms with Crippen molar-refractivity contribution in [1.29, 1.82) is 0 Å². The molecule has 1 aliphatic carbocycles. The lowest BCUT2D eigenvalue weighted by atomic mass is 10.1. The smallest absolute Gasteiger partial charge is 0.156 e. The molecule has 0 saturated carbocycles. The standard InChI is InChI=1S/C17H21N3O3S/c1-24(21,22)11-16-18-17(14-6-7-23-10-14)19-20(16)15-8-12-4-2-3-5-13(12)9-15/h2-5,14-15H,6-11H2,1H3/t14-/m0/s1. The van der Waals surface area contributed by atoms with Crippen molar-refractivity contribution < 1.29 is 13.2 Å². The van der Waals surface area contributed by atoms with E-state index in [1.165, 1.54) is 17.4 Å². The van der Waals surface area contributed by atoms with Crippen molar-refractivity contribution in [2.45, 2.75) is 37.0 Å². The van der Waals surface area contributed by atoms with E-state index >= 15 is 0 Å². The molecule has 6 nitrogen and oxygen atoms in total. The van der Waals surface area contributed by atoms with Crippen LogP contribution in [0.25, 0.3) is 0 Å². The molecule has 1 saturated heterocycles. The van der Waals surface area contributed by atoms with Crippen molar-refractivity contribution in [2.24, 2.45) is 0 Å². The van der Waals surface area contributed by atoms with Gasteiger partial charge < -0.3 is 4.74 Å². The molecule has 0 bridgehead atoms. The Morgan fingerprint density at radius 1 is 1.25 bits per heavy atom. The second-order valence-corrected chi connectivity index (χ2v) is 8.93. The number of hydrogen-bond donors (Lipinski definition) is 0. The van der Waals surface area contributed by atoms with Crippen LogP contribution in [0, 0.1) is 0 Å². The van der Waals surface area contributed by atoms with Gasteiger partial charge in [-0.2, -0.15) is 5.10 Å². The van der Waals surface area contributed by atoms with Gasteiger partial charge in [-0.3, -0.25) is 0 Å². The largest absolute Gasteiger partial charge is 0.381 e. The van der Waals surface area contributed by atoms with E-state index < -0.39 is 9.84 Å². The quantitative estimate of drug-likeness (QED) is 0.841. The second kappa shape index (κ2) is 5.97. The molecule has 2 aromatic rings. The number of rotatable bonds is 4. The van der Waals surface area contributed by atoms with Gasteiger partial charge in [0.25, 0.3) is 0 Å². The van der Waals surface area contributed by atoms with Crippen LogP contribution >= 0.6 is 0 Å². The van der Waals surface area contributed by atoms with E-state index in [9.17, 15) is 8.42 Å². The van der Waals surface area contributed by atoms with Crippen molar-refractivity contribution >= 4 is 9.84 Å². The number of fused-ring (bicyclic) bond motifs is 1. The van der Waals surface area contributed by atoms with Crippen LogP contribution in [0.3, 0.4) is 0 Å². The maximum atomic E-state index is 11.8. The first kappa shape index (κ1) is 15.8. The molecule has 24 heavy (non-hydrogen) atoms. The lowest BCUT2D eigenvalue weighted by molar-refractivity contribution is 0.193. The van der Waals surface area contributed by atoms with Crippen molar-refractivity contribution in [2.75, 3.05) is 19.5 Å². The summed E-state index contributed by atoms with van der Waals surface area (Å²) in [7, 11) is -3.16. The van der Waals surface area contributed by atoms with Crippen molar-refractivity contribution in [1.82, 2.24) is 14.8 Å². The Bertz CT molecular complexity index is 829. The van der Waals surface area contributed by atoms with Crippen LogP contribution in [-0.4, -0.2) is 42.7 Å². The van der Waals surface area contributed by atoms with Gasteiger partial charge in [0.1, 0.15) is 11.6 Å². The number of nitrogens with zero attached hydrogens (tertiary/aromatic N) is 3. The van der Waals surface area contributed by atoms with E-state index in [4.69, 9.17) is 9.84 Å². The number of sulfone groups is 1. The van der Waals surface area contributed by atoms with Crippen molar-refractivity contribution in [3.63, 3.8) is 0 Å². The molecule has 0 N–H and O–H groups in total. The molecule has 1 fully saturated rings. The lowest BCUT2D eigenvalue weighted by Crippen LogP contribution is -2.17. The normalized spacial score (nSPS) is 21.3. The van der Waals surface area contributed by atoms with Gasteiger partial charge in [-0.1, -0.05) is 24.3 Å². The Labute approximate surface area is 141 Å². The molecule has 0 spiro atoms. The number of aromatic nitrogens is 3. The maximum Gasteiger partial charge on any atom is 0.156 e. The average molecular weight is 347 g/mol. The zero-order valence-electron chi connectivity index (χ0n) is 13.7. The molecule has 7 heteroatoms. The summed E-state index contributed by atoms with van der Waals surface area (Å²) in [6.07, 6.45) is 3.88. The minimum Gasteiger partial charge on any atom is -0.381 e. The Kier molecular flexibility index (Phi) is 3.92. The predicted molar refractivity (Wildman–Crippen MR) is 89.6 cm³/mol. The summed E-state index contributed by atoms with van der Waals surface area (Å²) < 4.78 is 30.9.